The van der Waals surface area contributed by atoms with Crippen LogP contribution in [0.25, 0.3) is 0 Å². The van der Waals surface area contributed by atoms with Crippen molar-refractivity contribution in [3.63, 3.8) is 0 Å². The SMILES string of the molecule is Cc1cccc(COc2cncc([B-](F)(F)F)c2)n1.[K+]. The van der Waals surface area contributed by atoms with Crippen molar-refractivity contribution in [3.8, 4) is 5.75 Å². The van der Waals surface area contributed by atoms with Crippen LogP contribution in [0.1, 0.15) is 11.4 Å². The van der Waals surface area contributed by atoms with Gasteiger partial charge in [-0.2, -0.15) is 0 Å². The topological polar surface area (TPSA) is 35.0 Å². The Hall–Kier alpha value is -0.409. The number of hydrogen-bond donors (Lipinski definition) is 0. The maximum absolute atomic E-state index is 12.5. The normalized spacial score (nSPS) is 10.8. The summed E-state index contributed by atoms with van der Waals surface area (Å²) in [7, 11) is 0. The fourth-order valence-electron chi connectivity index (χ4n) is 1.53. The average Bonchev–Trinajstić information content (AvgIpc) is 2.36. The van der Waals surface area contributed by atoms with Crippen molar-refractivity contribution < 1.29 is 69.1 Å². The molecule has 8 heteroatoms. The monoisotopic (exact) mass is 306 g/mol. The van der Waals surface area contributed by atoms with Gasteiger partial charge in [-0.25, -0.2) is 0 Å². The molecule has 0 saturated carbocycles. The van der Waals surface area contributed by atoms with Gasteiger partial charge in [0, 0.05) is 11.9 Å². The van der Waals surface area contributed by atoms with E-state index in [0.29, 0.717) is 5.69 Å². The van der Waals surface area contributed by atoms with Crippen LogP contribution in [0.4, 0.5) is 12.9 Å². The van der Waals surface area contributed by atoms with Gasteiger partial charge < -0.3 is 17.7 Å². The summed E-state index contributed by atoms with van der Waals surface area (Å²) < 4.78 is 42.9. The maximum atomic E-state index is 12.5. The maximum Gasteiger partial charge on any atom is 1.00 e. The zero-order chi connectivity index (χ0) is 13.9. The molecule has 0 amide bonds. The Labute approximate surface area is 157 Å². The molecule has 2 rings (SSSR count). The first-order chi connectivity index (χ1) is 8.95. The first-order valence-electron chi connectivity index (χ1n) is 5.65. The number of aromatic nitrogens is 2. The second-order valence-electron chi connectivity index (χ2n) is 4.09. The van der Waals surface area contributed by atoms with Gasteiger partial charge in [0.05, 0.1) is 11.9 Å². The third kappa shape index (κ3) is 5.17. The van der Waals surface area contributed by atoms with E-state index in [-0.39, 0.29) is 63.7 Å². The number of ether oxygens (including phenoxy) is 1. The molecule has 2 heterocycles. The number of hydrogen-bond acceptors (Lipinski definition) is 3. The molecule has 20 heavy (non-hydrogen) atoms. The van der Waals surface area contributed by atoms with E-state index < -0.39 is 12.4 Å². The fourth-order valence-corrected chi connectivity index (χ4v) is 1.53. The Balaban J connectivity index is 0.00000200. The van der Waals surface area contributed by atoms with Crippen molar-refractivity contribution in [1.29, 1.82) is 0 Å². The van der Waals surface area contributed by atoms with E-state index in [0.717, 1.165) is 18.0 Å². The molecule has 100 valence electrons. The van der Waals surface area contributed by atoms with Gasteiger partial charge >= 0.3 is 58.4 Å². The van der Waals surface area contributed by atoms with Gasteiger partial charge in [0.2, 0.25) is 0 Å². The molecule has 0 aliphatic heterocycles. The number of halogens is 3. The standard InChI is InChI=1S/C12H11BF3N2O.K/c1-9-3-2-4-11(18-9)8-19-12-5-10(6-17-7-12)13(14,15)16;/h2-7H,8H2,1H3;/q-1;+1. The molecule has 0 atom stereocenters. The van der Waals surface area contributed by atoms with Crippen LogP contribution in [-0.4, -0.2) is 16.9 Å². The summed E-state index contributed by atoms with van der Waals surface area (Å²) in [6, 6.07) is 6.34. The van der Waals surface area contributed by atoms with E-state index in [1.165, 1.54) is 6.20 Å². The second kappa shape index (κ2) is 7.56. The molecule has 0 spiro atoms. The Bertz CT molecular complexity index is 581. The van der Waals surface area contributed by atoms with Crippen LogP contribution >= 0.6 is 0 Å². The van der Waals surface area contributed by atoms with E-state index >= 15 is 0 Å². The van der Waals surface area contributed by atoms with Gasteiger partial charge in [0.1, 0.15) is 12.4 Å². The summed E-state index contributed by atoms with van der Waals surface area (Å²) in [6.45, 7) is -3.12. The molecule has 0 unspecified atom stereocenters. The summed E-state index contributed by atoms with van der Waals surface area (Å²) in [5.74, 6) is 0.0833. The Morgan fingerprint density at radius 1 is 1.20 bits per heavy atom. The predicted octanol–water partition coefficient (Wildman–Crippen LogP) is -0.578. The van der Waals surface area contributed by atoms with Crippen LogP contribution in [0.15, 0.2) is 36.7 Å². The Morgan fingerprint density at radius 3 is 2.60 bits per heavy atom. The fraction of sp³-hybridized carbons (Fsp3) is 0.167. The molecule has 0 radical (unpaired) electrons. The van der Waals surface area contributed by atoms with E-state index in [2.05, 4.69) is 9.97 Å². The van der Waals surface area contributed by atoms with Crippen molar-refractivity contribution in [2.24, 2.45) is 0 Å². The zero-order valence-corrected chi connectivity index (χ0v) is 14.3. The molecule has 2 aromatic heterocycles. The average molecular weight is 306 g/mol. The summed E-state index contributed by atoms with van der Waals surface area (Å²) in [6.07, 6.45) is 2.04. The third-order valence-corrected chi connectivity index (χ3v) is 2.44. The Kier molecular flexibility index (Phi) is 6.67. The quantitative estimate of drug-likeness (QED) is 0.709. The van der Waals surface area contributed by atoms with Gasteiger partial charge in [-0.05, 0) is 25.1 Å². The number of aryl methyl sites for hydroxylation is 1. The minimum Gasteiger partial charge on any atom is -0.486 e. The van der Waals surface area contributed by atoms with E-state index in [9.17, 15) is 12.9 Å². The Morgan fingerprint density at radius 2 is 1.95 bits per heavy atom. The number of rotatable bonds is 4. The molecule has 0 aliphatic rings. The summed E-state index contributed by atoms with van der Waals surface area (Å²) >= 11 is 0. The van der Waals surface area contributed by atoms with Crippen molar-refractivity contribution >= 4 is 12.4 Å². The van der Waals surface area contributed by atoms with E-state index in [4.69, 9.17) is 4.74 Å². The second-order valence-corrected chi connectivity index (χ2v) is 4.09. The third-order valence-electron chi connectivity index (χ3n) is 2.44. The van der Waals surface area contributed by atoms with Crippen LogP contribution in [0.2, 0.25) is 0 Å². The van der Waals surface area contributed by atoms with Crippen LogP contribution in [0.3, 0.4) is 0 Å². The van der Waals surface area contributed by atoms with Gasteiger partial charge in [0.15, 0.2) is 0 Å². The van der Waals surface area contributed by atoms with Crippen LogP contribution in [0, 0.1) is 6.92 Å². The van der Waals surface area contributed by atoms with Crippen molar-refractivity contribution in [3.05, 3.63) is 48.0 Å². The molecule has 0 aromatic carbocycles. The molecule has 0 N–H and O–H groups in total. The molecule has 0 aliphatic carbocycles. The zero-order valence-electron chi connectivity index (χ0n) is 11.2. The smallest absolute Gasteiger partial charge is 0.486 e. The molecular weight excluding hydrogens is 295 g/mol. The molecular formula is C12H11BF3KN2O. The molecule has 2 aromatic rings. The number of pyridine rings is 2. The van der Waals surface area contributed by atoms with Gasteiger partial charge in [-0.1, -0.05) is 11.5 Å². The van der Waals surface area contributed by atoms with Crippen LogP contribution in [-0.2, 0) is 6.61 Å². The summed E-state index contributed by atoms with van der Waals surface area (Å²) in [4.78, 5) is 7.73. The van der Waals surface area contributed by atoms with E-state index in [1.54, 1.807) is 6.07 Å². The predicted molar refractivity (Wildman–Crippen MR) is 66.3 cm³/mol. The summed E-state index contributed by atoms with van der Waals surface area (Å²) in [5, 5.41) is 0. The van der Waals surface area contributed by atoms with Gasteiger partial charge in [0.25, 0.3) is 0 Å². The molecule has 0 fully saturated rings. The minimum absolute atomic E-state index is 0. The molecule has 0 bridgehead atoms. The van der Waals surface area contributed by atoms with Crippen molar-refractivity contribution in [2.45, 2.75) is 13.5 Å². The number of nitrogens with zero attached hydrogens (tertiary/aromatic N) is 2. The first kappa shape index (κ1) is 17.6. The largest absolute Gasteiger partial charge is 1.00 e. The van der Waals surface area contributed by atoms with Crippen LogP contribution in [0.5, 0.6) is 5.75 Å². The van der Waals surface area contributed by atoms with Crippen molar-refractivity contribution in [2.75, 3.05) is 0 Å². The molecule has 0 saturated heterocycles. The molecule has 3 nitrogen and oxygen atoms in total. The minimum atomic E-state index is -5.06. The van der Waals surface area contributed by atoms with Gasteiger partial charge in [-0.15, -0.1) is 0 Å². The van der Waals surface area contributed by atoms with Crippen LogP contribution < -0.4 is 61.6 Å². The first-order valence-corrected chi connectivity index (χ1v) is 5.65. The van der Waals surface area contributed by atoms with Gasteiger partial charge in [-0.3, -0.25) is 9.97 Å². The summed E-state index contributed by atoms with van der Waals surface area (Å²) in [5.41, 5.74) is 0.712. The van der Waals surface area contributed by atoms with Crippen molar-refractivity contribution in [1.82, 2.24) is 9.97 Å². The van der Waals surface area contributed by atoms with E-state index in [1.807, 2.05) is 19.1 Å².